The Hall–Kier alpha value is -3.11. The van der Waals surface area contributed by atoms with Gasteiger partial charge in [0.1, 0.15) is 11.3 Å². The number of ether oxygens (including phenoxy) is 2. The minimum atomic E-state index is -4.88. The molecule has 0 fully saturated rings. The van der Waals surface area contributed by atoms with Crippen LogP contribution >= 0.6 is 0 Å². The summed E-state index contributed by atoms with van der Waals surface area (Å²) in [5.41, 5.74) is 1.97. The van der Waals surface area contributed by atoms with Crippen molar-refractivity contribution in [3.05, 3.63) is 57.5 Å². The second-order valence-corrected chi connectivity index (χ2v) is 5.25. The van der Waals surface area contributed by atoms with Crippen LogP contribution in [0.15, 0.2) is 35.1 Å². The van der Waals surface area contributed by atoms with E-state index in [1.165, 1.54) is 6.07 Å². The van der Waals surface area contributed by atoms with Gasteiger partial charge in [0.2, 0.25) is 0 Å². The van der Waals surface area contributed by atoms with E-state index in [-0.39, 0.29) is 17.1 Å². The Bertz CT molecular complexity index is 909. The summed E-state index contributed by atoms with van der Waals surface area (Å²) in [6.45, 7) is -3.74. The van der Waals surface area contributed by atoms with Gasteiger partial charge in [0.15, 0.2) is 11.5 Å². The standard InChI is InChI=1S/C16H13F5N2O4/c1-26-11-6-8(2-4-10(11)27-15(17)18)7-23-12(16(19,20)21)5-3-9(13(22)24)14(23)25/h2-6,15H,7H2,1H3,(H2,22,24). The maximum atomic E-state index is 13.2. The van der Waals surface area contributed by atoms with Gasteiger partial charge in [-0.25, -0.2) is 0 Å². The molecular formula is C16H13F5N2O4. The quantitative estimate of drug-likeness (QED) is 0.767. The molecule has 11 heteroatoms. The van der Waals surface area contributed by atoms with Crippen molar-refractivity contribution in [2.45, 2.75) is 19.3 Å². The van der Waals surface area contributed by atoms with Crippen molar-refractivity contribution < 1.29 is 36.2 Å². The Morgan fingerprint density at radius 1 is 1.19 bits per heavy atom. The van der Waals surface area contributed by atoms with Crippen LogP contribution in [0.1, 0.15) is 21.6 Å². The molecule has 0 saturated heterocycles. The van der Waals surface area contributed by atoms with Crippen LogP contribution in [0.2, 0.25) is 0 Å². The van der Waals surface area contributed by atoms with Gasteiger partial charge in [0.05, 0.1) is 13.7 Å². The third-order valence-corrected chi connectivity index (χ3v) is 3.51. The Balaban J connectivity index is 2.54. The highest BCUT2D eigenvalue weighted by molar-refractivity contribution is 5.92. The summed E-state index contributed by atoms with van der Waals surface area (Å²) in [5, 5.41) is 0. The van der Waals surface area contributed by atoms with Crippen LogP contribution < -0.4 is 20.8 Å². The van der Waals surface area contributed by atoms with Crippen LogP contribution in [0.4, 0.5) is 22.0 Å². The molecule has 0 aliphatic heterocycles. The van der Waals surface area contributed by atoms with Crippen LogP contribution in [0, 0.1) is 0 Å². The number of methoxy groups -OCH3 is 1. The number of pyridine rings is 1. The lowest BCUT2D eigenvalue weighted by atomic mass is 10.1. The number of amides is 1. The molecule has 0 atom stereocenters. The van der Waals surface area contributed by atoms with Crippen molar-refractivity contribution >= 4 is 5.91 Å². The number of alkyl halides is 5. The zero-order chi connectivity index (χ0) is 20.4. The van der Waals surface area contributed by atoms with Crippen molar-refractivity contribution in [2.24, 2.45) is 5.73 Å². The van der Waals surface area contributed by atoms with E-state index < -0.39 is 42.1 Å². The summed E-state index contributed by atoms with van der Waals surface area (Å²) in [6, 6.07) is 4.65. The molecule has 2 rings (SSSR count). The Labute approximate surface area is 148 Å². The fraction of sp³-hybridized carbons (Fsp3) is 0.250. The van der Waals surface area contributed by atoms with Gasteiger partial charge >= 0.3 is 12.8 Å². The van der Waals surface area contributed by atoms with E-state index in [2.05, 4.69) is 4.74 Å². The number of aromatic nitrogens is 1. The first-order chi connectivity index (χ1) is 12.5. The van der Waals surface area contributed by atoms with E-state index in [4.69, 9.17) is 10.5 Å². The van der Waals surface area contributed by atoms with Crippen molar-refractivity contribution in [2.75, 3.05) is 7.11 Å². The minimum absolute atomic E-state index is 0.114. The molecule has 1 amide bonds. The number of benzene rings is 1. The Morgan fingerprint density at radius 3 is 2.37 bits per heavy atom. The molecular weight excluding hydrogens is 379 g/mol. The van der Waals surface area contributed by atoms with E-state index >= 15 is 0 Å². The topological polar surface area (TPSA) is 83.5 Å². The molecule has 0 radical (unpaired) electrons. The predicted octanol–water partition coefficient (Wildman–Crippen LogP) is 2.62. The lowest BCUT2D eigenvalue weighted by Crippen LogP contribution is -2.34. The smallest absolute Gasteiger partial charge is 0.431 e. The number of carbonyl (C=O) groups excluding carboxylic acids is 1. The largest absolute Gasteiger partial charge is 0.493 e. The monoisotopic (exact) mass is 392 g/mol. The molecule has 2 N–H and O–H groups in total. The van der Waals surface area contributed by atoms with E-state index in [0.717, 1.165) is 19.2 Å². The fourth-order valence-electron chi connectivity index (χ4n) is 2.36. The molecule has 0 aliphatic carbocycles. The van der Waals surface area contributed by atoms with Crippen molar-refractivity contribution in [1.29, 1.82) is 0 Å². The van der Waals surface area contributed by atoms with E-state index in [0.29, 0.717) is 16.7 Å². The summed E-state index contributed by atoms with van der Waals surface area (Å²) in [4.78, 5) is 23.5. The van der Waals surface area contributed by atoms with Crippen LogP contribution in [-0.2, 0) is 12.7 Å². The van der Waals surface area contributed by atoms with Crippen LogP contribution in [0.3, 0.4) is 0 Å². The van der Waals surface area contributed by atoms with Crippen LogP contribution in [0.5, 0.6) is 11.5 Å². The van der Waals surface area contributed by atoms with E-state index in [1.54, 1.807) is 0 Å². The molecule has 1 aromatic carbocycles. The molecule has 2 aromatic rings. The van der Waals surface area contributed by atoms with Gasteiger partial charge in [-0.3, -0.25) is 14.2 Å². The highest BCUT2D eigenvalue weighted by Gasteiger charge is 2.35. The lowest BCUT2D eigenvalue weighted by Gasteiger charge is -2.17. The van der Waals surface area contributed by atoms with Gasteiger partial charge in [-0.05, 0) is 29.8 Å². The van der Waals surface area contributed by atoms with Gasteiger partial charge in [-0.1, -0.05) is 6.07 Å². The molecule has 0 saturated carbocycles. The number of rotatable bonds is 6. The summed E-state index contributed by atoms with van der Waals surface area (Å²) in [6.07, 6.45) is -4.88. The van der Waals surface area contributed by atoms with Gasteiger partial charge in [-0.15, -0.1) is 0 Å². The van der Waals surface area contributed by atoms with Crippen molar-refractivity contribution in [1.82, 2.24) is 4.57 Å². The number of nitrogens with zero attached hydrogens (tertiary/aromatic N) is 1. The average Bonchev–Trinajstić information content (AvgIpc) is 2.56. The summed E-state index contributed by atoms with van der Waals surface area (Å²) in [7, 11) is 1.15. The normalized spacial score (nSPS) is 11.5. The Morgan fingerprint density at radius 2 is 1.85 bits per heavy atom. The molecule has 6 nitrogen and oxygen atoms in total. The number of primary amides is 1. The maximum absolute atomic E-state index is 13.2. The van der Waals surface area contributed by atoms with Gasteiger partial charge in [0, 0.05) is 0 Å². The van der Waals surface area contributed by atoms with Crippen molar-refractivity contribution in [3.8, 4) is 11.5 Å². The van der Waals surface area contributed by atoms with Crippen LogP contribution in [-0.4, -0.2) is 24.2 Å². The second-order valence-electron chi connectivity index (χ2n) is 5.25. The molecule has 0 unspecified atom stereocenters. The number of nitrogens with two attached hydrogens (primary N) is 1. The molecule has 146 valence electrons. The summed E-state index contributed by atoms with van der Waals surface area (Å²) >= 11 is 0. The zero-order valence-electron chi connectivity index (χ0n) is 13.7. The number of hydrogen-bond acceptors (Lipinski definition) is 4. The third kappa shape index (κ3) is 4.54. The first kappa shape index (κ1) is 20.2. The van der Waals surface area contributed by atoms with Crippen LogP contribution in [0.25, 0.3) is 0 Å². The lowest BCUT2D eigenvalue weighted by molar-refractivity contribution is -0.144. The third-order valence-electron chi connectivity index (χ3n) is 3.51. The highest BCUT2D eigenvalue weighted by Crippen LogP contribution is 2.31. The molecule has 0 spiro atoms. The first-order valence-electron chi connectivity index (χ1n) is 7.27. The zero-order valence-corrected chi connectivity index (χ0v) is 13.7. The van der Waals surface area contributed by atoms with E-state index in [1.807, 2.05) is 0 Å². The predicted molar refractivity (Wildman–Crippen MR) is 82.9 cm³/mol. The number of carbonyl (C=O) groups is 1. The maximum Gasteiger partial charge on any atom is 0.431 e. The molecule has 0 aliphatic rings. The minimum Gasteiger partial charge on any atom is -0.493 e. The Kier molecular flexibility index (Phi) is 5.72. The summed E-state index contributed by atoms with van der Waals surface area (Å²) < 4.78 is 73.8. The molecule has 0 bridgehead atoms. The molecule has 1 aromatic heterocycles. The molecule has 1 heterocycles. The van der Waals surface area contributed by atoms with Gasteiger partial charge < -0.3 is 15.2 Å². The second kappa shape index (κ2) is 7.64. The van der Waals surface area contributed by atoms with E-state index in [9.17, 15) is 31.5 Å². The van der Waals surface area contributed by atoms with Gasteiger partial charge in [-0.2, -0.15) is 22.0 Å². The average molecular weight is 392 g/mol. The summed E-state index contributed by atoms with van der Waals surface area (Å²) in [5.74, 6) is -1.67. The fourth-order valence-corrected chi connectivity index (χ4v) is 2.36. The molecule has 27 heavy (non-hydrogen) atoms. The number of halogens is 5. The SMILES string of the molecule is COc1cc(Cn2c(C(F)(F)F)ccc(C(N)=O)c2=O)ccc1OC(F)F. The number of hydrogen-bond donors (Lipinski definition) is 1. The van der Waals surface area contributed by atoms with Crippen molar-refractivity contribution in [3.63, 3.8) is 0 Å². The highest BCUT2D eigenvalue weighted by atomic mass is 19.4. The van der Waals surface area contributed by atoms with Gasteiger partial charge in [0.25, 0.3) is 11.5 Å². The first-order valence-corrected chi connectivity index (χ1v) is 7.27.